The molecular weight excluding hydrogens is 379 g/mol. The molecule has 2 heterocycles. The van der Waals surface area contributed by atoms with E-state index in [1.807, 2.05) is 31.3 Å². The number of anilines is 1. The molecule has 0 unspecified atom stereocenters. The van der Waals surface area contributed by atoms with Gasteiger partial charge in [-0.25, -0.2) is 14.4 Å². The van der Waals surface area contributed by atoms with Crippen molar-refractivity contribution in [1.82, 2.24) is 15.0 Å². The maximum Gasteiger partial charge on any atom is 0.163 e. The van der Waals surface area contributed by atoms with Crippen LogP contribution in [0.2, 0.25) is 0 Å². The average Bonchev–Trinajstić information content (AvgIpc) is 2.77. The van der Waals surface area contributed by atoms with Gasteiger partial charge in [0.25, 0.3) is 0 Å². The summed E-state index contributed by atoms with van der Waals surface area (Å²) in [7, 11) is 1.83. The lowest BCUT2D eigenvalue weighted by molar-refractivity contribution is 0.273. The third-order valence-corrected chi connectivity index (χ3v) is 4.67. The van der Waals surface area contributed by atoms with Crippen molar-refractivity contribution in [3.63, 3.8) is 0 Å². The van der Waals surface area contributed by atoms with E-state index in [4.69, 9.17) is 14.7 Å². The van der Waals surface area contributed by atoms with Gasteiger partial charge in [0.2, 0.25) is 0 Å². The molecule has 0 aliphatic carbocycles. The first kappa shape index (κ1) is 19.8. The van der Waals surface area contributed by atoms with Gasteiger partial charge in [0.05, 0.1) is 6.61 Å². The second kappa shape index (κ2) is 8.45. The van der Waals surface area contributed by atoms with Crippen LogP contribution in [0.15, 0.2) is 60.9 Å². The van der Waals surface area contributed by atoms with E-state index in [0.29, 0.717) is 29.9 Å². The highest BCUT2D eigenvalue weighted by Crippen LogP contribution is 2.36. The molecule has 1 N–H and O–H groups in total. The number of nitrogens with one attached hydrogen (secondary N) is 1. The quantitative estimate of drug-likeness (QED) is 0.457. The monoisotopic (exact) mass is 402 g/mol. The van der Waals surface area contributed by atoms with Crippen molar-refractivity contribution in [1.29, 1.82) is 0 Å². The molecule has 0 bridgehead atoms. The zero-order valence-electron chi connectivity index (χ0n) is 17.2. The van der Waals surface area contributed by atoms with Gasteiger partial charge in [0, 0.05) is 30.4 Å². The van der Waals surface area contributed by atoms with Gasteiger partial charge in [-0.1, -0.05) is 26.0 Å². The van der Waals surface area contributed by atoms with Crippen molar-refractivity contribution in [2.75, 3.05) is 19.0 Å². The van der Waals surface area contributed by atoms with Crippen LogP contribution in [-0.2, 0) is 0 Å². The Labute approximate surface area is 175 Å². The molecule has 4 aromatic rings. The molecule has 0 radical (unpaired) electrons. The standard InChI is InChI=1S/C24H23FN4O/c1-15(2)14-30-21-12-18(16-6-8-19(25)9-7-16)11-20-22(21)28-23(29-24(20)26-3)17-5-4-10-27-13-17/h4-13,15H,14H2,1-3H3,(H,26,28,29). The third-order valence-electron chi connectivity index (χ3n) is 4.67. The summed E-state index contributed by atoms with van der Waals surface area (Å²) in [5.74, 6) is 2.03. The van der Waals surface area contributed by atoms with Crippen LogP contribution in [0.5, 0.6) is 5.75 Å². The number of pyridine rings is 1. The molecule has 5 nitrogen and oxygen atoms in total. The number of aromatic nitrogens is 3. The maximum absolute atomic E-state index is 13.4. The Bertz CT molecular complexity index is 1160. The fraction of sp³-hybridized carbons (Fsp3) is 0.208. The summed E-state index contributed by atoms with van der Waals surface area (Å²) in [4.78, 5) is 13.7. The van der Waals surface area contributed by atoms with Crippen LogP contribution in [0.4, 0.5) is 10.2 Å². The molecular formula is C24H23FN4O. The van der Waals surface area contributed by atoms with E-state index in [9.17, 15) is 4.39 Å². The molecule has 4 rings (SSSR count). The van der Waals surface area contributed by atoms with Gasteiger partial charge in [-0.15, -0.1) is 0 Å². The Hall–Kier alpha value is -3.54. The molecule has 0 atom stereocenters. The zero-order chi connectivity index (χ0) is 21.1. The molecule has 0 saturated carbocycles. The molecule has 6 heteroatoms. The maximum atomic E-state index is 13.4. The number of halogens is 1. The fourth-order valence-corrected chi connectivity index (χ4v) is 3.19. The summed E-state index contributed by atoms with van der Waals surface area (Å²) in [6, 6.07) is 14.2. The van der Waals surface area contributed by atoms with Crippen LogP contribution in [0.3, 0.4) is 0 Å². The number of benzene rings is 2. The molecule has 0 fully saturated rings. The molecule has 2 aromatic carbocycles. The molecule has 30 heavy (non-hydrogen) atoms. The first-order valence-electron chi connectivity index (χ1n) is 9.88. The predicted molar refractivity (Wildman–Crippen MR) is 118 cm³/mol. The fourth-order valence-electron chi connectivity index (χ4n) is 3.19. The Morgan fingerprint density at radius 1 is 1.00 bits per heavy atom. The second-order valence-corrected chi connectivity index (χ2v) is 7.47. The largest absolute Gasteiger partial charge is 0.491 e. The first-order valence-corrected chi connectivity index (χ1v) is 9.88. The van der Waals surface area contributed by atoms with Crippen molar-refractivity contribution >= 4 is 16.7 Å². The summed E-state index contributed by atoms with van der Waals surface area (Å²) < 4.78 is 19.6. The number of ether oxygens (including phenoxy) is 1. The number of nitrogens with zero attached hydrogens (tertiary/aromatic N) is 3. The highest BCUT2D eigenvalue weighted by atomic mass is 19.1. The van der Waals surface area contributed by atoms with Crippen LogP contribution < -0.4 is 10.1 Å². The van der Waals surface area contributed by atoms with Crippen LogP contribution in [0.25, 0.3) is 33.4 Å². The van der Waals surface area contributed by atoms with E-state index in [-0.39, 0.29) is 5.82 Å². The van der Waals surface area contributed by atoms with Gasteiger partial charge in [0.15, 0.2) is 5.82 Å². The van der Waals surface area contributed by atoms with E-state index in [2.05, 4.69) is 24.1 Å². The molecule has 0 aliphatic rings. The second-order valence-electron chi connectivity index (χ2n) is 7.47. The van der Waals surface area contributed by atoms with Gasteiger partial charge >= 0.3 is 0 Å². The lowest BCUT2D eigenvalue weighted by Crippen LogP contribution is -2.07. The minimum absolute atomic E-state index is 0.267. The highest BCUT2D eigenvalue weighted by molar-refractivity contribution is 5.97. The van der Waals surface area contributed by atoms with Crippen molar-refractivity contribution < 1.29 is 9.13 Å². The number of rotatable bonds is 6. The lowest BCUT2D eigenvalue weighted by Gasteiger charge is -2.16. The van der Waals surface area contributed by atoms with Crippen molar-refractivity contribution in [3.8, 4) is 28.3 Å². The van der Waals surface area contributed by atoms with Crippen LogP contribution in [0.1, 0.15) is 13.8 Å². The van der Waals surface area contributed by atoms with Gasteiger partial charge in [-0.3, -0.25) is 4.98 Å². The molecule has 0 saturated heterocycles. The first-order chi connectivity index (χ1) is 14.5. The van der Waals surface area contributed by atoms with E-state index >= 15 is 0 Å². The van der Waals surface area contributed by atoms with E-state index < -0.39 is 0 Å². The lowest BCUT2D eigenvalue weighted by atomic mass is 10.0. The van der Waals surface area contributed by atoms with Crippen LogP contribution in [-0.4, -0.2) is 28.6 Å². The minimum Gasteiger partial charge on any atom is -0.491 e. The SMILES string of the molecule is CNc1nc(-c2cccnc2)nc2c(OCC(C)C)cc(-c3ccc(F)cc3)cc12. The number of hydrogen-bond donors (Lipinski definition) is 1. The summed E-state index contributed by atoms with van der Waals surface area (Å²) >= 11 is 0. The van der Waals surface area contributed by atoms with E-state index in [1.54, 1.807) is 24.5 Å². The van der Waals surface area contributed by atoms with Crippen LogP contribution >= 0.6 is 0 Å². The van der Waals surface area contributed by atoms with Crippen molar-refractivity contribution in [2.45, 2.75) is 13.8 Å². The topological polar surface area (TPSA) is 59.9 Å². The van der Waals surface area contributed by atoms with Gasteiger partial charge < -0.3 is 10.1 Å². The molecule has 0 spiro atoms. The normalized spacial score (nSPS) is 11.1. The zero-order valence-corrected chi connectivity index (χ0v) is 17.2. The van der Waals surface area contributed by atoms with Gasteiger partial charge in [-0.05, 0) is 53.4 Å². The Balaban J connectivity index is 1.94. The summed E-state index contributed by atoms with van der Waals surface area (Å²) in [6.45, 7) is 4.76. The van der Waals surface area contributed by atoms with Crippen molar-refractivity contribution in [3.05, 3.63) is 66.7 Å². The van der Waals surface area contributed by atoms with Gasteiger partial charge in [-0.2, -0.15) is 0 Å². The number of fused-ring (bicyclic) bond motifs is 1. The average molecular weight is 402 g/mol. The predicted octanol–water partition coefficient (Wildman–Crippen LogP) is 5.57. The van der Waals surface area contributed by atoms with Gasteiger partial charge in [0.1, 0.15) is 22.9 Å². The third kappa shape index (κ3) is 4.08. The van der Waals surface area contributed by atoms with Crippen molar-refractivity contribution in [2.24, 2.45) is 5.92 Å². The highest BCUT2D eigenvalue weighted by Gasteiger charge is 2.16. The number of hydrogen-bond acceptors (Lipinski definition) is 5. The Morgan fingerprint density at radius 3 is 2.47 bits per heavy atom. The summed E-state index contributed by atoms with van der Waals surface area (Å²) in [5, 5.41) is 4.01. The van der Waals surface area contributed by atoms with Crippen LogP contribution in [0, 0.1) is 11.7 Å². The Kier molecular flexibility index (Phi) is 5.57. The van der Waals surface area contributed by atoms with E-state index in [1.165, 1.54) is 12.1 Å². The molecule has 0 aliphatic heterocycles. The van der Waals surface area contributed by atoms with E-state index in [0.717, 1.165) is 27.6 Å². The Morgan fingerprint density at radius 2 is 1.80 bits per heavy atom. The molecule has 0 amide bonds. The smallest absolute Gasteiger partial charge is 0.163 e. The summed E-state index contributed by atoms with van der Waals surface area (Å²) in [6.07, 6.45) is 3.46. The molecule has 2 aromatic heterocycles. The summed E-state index contributed by atoms with van der Waals surface area (Å²) in [5.41, 5.74) is 3.36. The molecule has 152 valence electrons. The minimum atomic E-state index is -0.267.